The summed E-state index contributed by atoms with van der Waals surface area (Å²) in [7, 11) is 0. The van der Waals surface area contributed by atoms with Crippen LogP contribution in [0.1, 0.15) is 11.3 Å². The highest BCUT2D eigenvalue weighted by atomic mass is 79.9. The van der Waals surface area contributed by atoms with Gasteiger partial charge >= 0.3 is 0 Å². The molecule has 1 fully saturated rings. The predicted octanol–water partition coefficient (Wildman–Crippen LogP) is 2.99. The lowest BCUT2D eigenvalue weighted by Crippen LogP contribution is -2.26. The molecule has 1 N–H and O–H groups in total. The highest BCUT2D eigenvalue weighted by Crippen LogP contribution is 2.25. The van der Waals surface area contributed by atoms with E-state index in [1.165, 1.54) is 8.66 Å². The number of thiophene rings is 1. The van der Waals surface area contributed by atoms with E-state index in [-0.39, 0.29) is 0 Å². The summed E-state index contributed by atoms with van der Waals surface area (Å²) in [6, 6.07) is 6.71. The van der Waals surface area contributed by atoms with Crippen LogP contribution in [0.3, 0.4) is 0 Å². The molecule has 2 aromatic rings. The Morgan fingerprint density at radius 3 is 3.11 bits per heavy atom. The SMILES string of the molecule is Brc1ccc(CN2CCC(Nc3ccncn3)C2)s1. The molecule has 1 saturated heterocycles. The molecule has 2 aromatic heterocycles. The number of aromatic nitrogens is 2. The normalized spacial score (nSPS) is 19.7. The van der Waals surface area contributed by atoms with Crippen LogP contribution >= 0.6 is 27.3 Å². The lowest BCUT2D eigenvalue weighted by Gasteiger charge is -2.16. The van der Waals surface area contributed by atoms with E-state index in [0.29, 0.717) is 6.04 Å². The van der Waals surface area contributed by atoms with Crippen molar-refractivity contribution in [3.8, 4) is 0 Å². The standard InChI is InChI=1S/C13H15BrN4S/c14-12-2-1-11(19-12)8-18-6-4-10(7-18)17-13-3-5-15-9-16-13/h1-3,5,9-10H,4,6-8H2,(H,15,16,17). The van der Waals surface area contributed by atoms with E-state index >= 15 is 0 Å². The number of nitrogens with one attached hydrogen (secondary N) is 1. The minimum absolute atomic E-state index is 0.485. The van der Waals surface area contributed by atoms with Gasteiger partial charge in [-0.1, -0.05) is 0 Å². The fourth-order valence-corrected chi connectivity index (χ4v) is 3.86. The highest BCUT2D eigenvalue weighted by Gasteiger charge is 2.22. The lowest BCUT2D eigenvalue weighted by molar-refractivity contribution is 0.331. The van der Waals surface area contributed by atoms with Crippen LogP contribution in [-0.2, 0) is 6.54 Å². The van der Waals surface area contributed by atoms with Crippen LogP contribution in [0.5, 0.6) is 0 Å². The Bertz CT molecular complexity index is 530. The molecule has 1 unspecified atom stereocenters. The van der Waals surface area contributed by atoms with E-state index in [0.717, 1.165) is 31.9 Å². The zero-order valence-electron chi connectivity index (χ0n) is 10.4. The fraction of sp³-hybridized carbons (Fsp3) is 0.385. The molecule has 1 aliphatic rings. The van der Waals surface area contributed by atoms with Crippen molar-refractivity contribution in [2.45, 2.75) is 19.0 Å². The number of rotatable bonds is 4. The van der Waals surface area contributed by atoms with Crippen molar-refractivity contribution in [3.63, 3.8) is 0 Å². The van der Waals surface area contributed by atoms with E-state index in [1.807, 2.05) is 17.4 Å². The van der Waals surface area contributed by atoms with Gasteiger partial charge in [-0.2, -0.15) is 0 Å². The molecule has 1 aliphatic heterocycles. The quantitative estimate of drug-likeness (QED) is 0.930. The van der Waals surface area contributed by atoms with Crippen LogP contribution in [0.2, 0.25) is 0 Å². The van der Waals surface area contributed by atoms with Crippen molar-refractivity contribution in [1.82, 2.24) is 14.9 Å². The molecule has 0 aromatic carbocycles. The lowest BCUT2D eigenvalue weighted by atomic mass is 10.2. The predicted molar refractivity (Wildman–Crippen MR) is 81.4 cm³/mol. The monoisotopic (exact) mass is 338 g/mol. The molecule has 0 radical (unpaired) electrons. The highest BCUT2D eigenvalue weighted by molar-refractivity contribution is 9.11. The molecule has 100 valence electrons. The van der Waals surface area contributed by atoms with Gasteiger partial charge in [-0.05, 0) is 40.5 Å². The minimum atomic E-state index is 0.485. The Kier molecular flexibility index (Phi) is 4.10. The number of hydrogen-bond acceptors (Lipinski definition) is 5. The first kappa shape index (κ1) is 13.0. The maximum Gasteiger partial charge on any atom is 0.129 e. The molecule has 0 aliphatic carbocycles. The van der Waals surface area contributed by atoms with Crippen LogP contribution in [0.4, 0.5) is 5.82 Å². The molecule has 0 spiro atoms. The van der Waals surface area contributed by atoms with Gasteiger partial charge in [0.05, 0.1) is 3.79 Å². The fourth-order valence-electron chi connectivity index (χ4n) is 2.34. The number of likely N-dealkylation sites (tertiary alicyclic amines) is 1. The third kappa shape index (κ3) is 3.52. The summed E-state index contributed by atoms with van der Waals surface area (Å²) in [6.45, 7) is 3.25. The Balaban J connectivity index is 1.53. The first-order valence-electron chi connectivity index (χ1n) is 6.29. The zero-order chi connectivity index (χ0) is 13.1. The third-order valence-electron chi connectivity index (χ3n) is 3.21. The second-order valence-electron chi connectivity index (χ2n) is 4.67. The smallest absolute Gasteiger partial charge is 0.129 e. The van der Waals surface area contributed by atoms with E-state index in [2.05, 4.69) is 48.2 Å². The van der Waals surface area contributed by atoms with Gasteiger partial charge in [-0.15, -0.1) is 11.3 Å². The van der Waals surface area contributed by atoms with Gasteiger partial charge in [0, 0.05) is 36.8 Å². The van der Waals surface area contributed by atoms with E-state index in [9.17, 15) is 0 Å². The van der Waals surface area contributed by atoms with Crippen molar-refractivity contribution in [1.29, 1.82) is 0 Å². The van der Waals surface area contributed by atoms with Gasteiger partial charge in [-0.25, -0.2) is 9.97 Å². The molecule has 3 heterocycles. The Hall–Kier alpha value is -0.980. The van der Waals surface area contributed by atoms with Crippen molar-refractivity contribution >= 4 is 33.1 Å². The molecule has 0 saturated carbocycles. The van der Waals surface area contributed by atoms with Crippen LogP contribution in [-0.4, -0.2) is 34.0 Å². The maximum absolute atomic E-state index is 4.21. The molecular formula is C13H15BrN4S. The minimum Gasteiger partial charge on any atom is -0.366 e. The van der Waals surface area contributed by atoms with Crippen LogP contribution in [0, 0.1) is 0 Å². The number of hydrogen-bond donors (Lipinski definition) is 1. The molecule has 1 atom stereocenters. The Morgan fingerprint density at radius 1 is 1.42 bits per heavy atom. The number of anilines is 1. The van der Waals surface area contributed by atoms with Crippen LogP contribution < -0.4 is 5.32 Å². The zero-order valence-corrected chi connectivity index (χ0v) is 12.8. The summed E-state index contributed by atoms with van der Waals surface area (Å²) in [5, 5.41) is 3.46. The summed E-state index contributed by atoms with van der Waals surface area (Å²) in [6.07, 6.45) is 4.51. The largest absolute Gasteiger partial charge is 0.366 e. The first-order valence-corrected chi connectivity index (χ1v) is 7.90. The summed E-state index contributed by atoms with van der Waals surface area (Å²) in [4.78, 5) is 12.0. The van der Waals surface area contributed by atoms with Gasteiger partial charge in [-0.3, -0.25) is 4.90 Å². The van der Waals surface area contributed by atoms with Crippen molar-refractivity contribution in [3.05, 3.63) is 39.4 Å². The van der Waals surface area contributed by atoms with Crippen molar-refractivity contribution in [2.24, 2.45) is 0 Å². The average molecular weight is 339 g/mol. The van der Waals surface area contributed by atoms with Crippen LogP contribution in [0.15, 0.2) is 34.5 Å². The summed E-state index contributed by atoms with van der Waals surface area (Å²) in [5.41, 5.74) is 0. The van der Waals surface area contributed by atoms with E-state index in [4.69, 9.17) is 0 Å². The molecule has 0 amide bonds. The van der Waals surface area contributed by atoms with E-state index in [1.54, 1.807) is 12.5 Å². The Morgan fingerprint density at radius 2 is 2.37 bits per heavy atom. The third-order valence-corrected chi connectivity index (χ3v) is 4.82. The summed E-state index contributed by atoms with van der Waals surface area (Å²) < 4.78 is 1.21. The van der Waals surface area contributed by atoms with Gasteiger partial charge in [0.25, 0.3) is 0 Å². The van der Waals surface area contributed by atoms with Gasteiger partial charge in [0.2, 0.25) is 0 Å². The molecule has 0 bridgehead atoms. The maximum atomic E-state index is 4.21. The second-order valence-corrected chi connectivity index (χ2v) is 7.21. The molecule has 19 heavy (non-hydrogen) atoms. The topological polar surface area (TPSA) is 41.0 Å². The van der Waals surface area contributed by atoms with Gasteiger partial charge in [0.1, 0.15) is 12.1 Å². The first-order chi connectivity index (χ1) is 9.29. The van der Waals surface area contributed by atoms with Crippen molar-refractivity contribution in [2.75, 3.05) is 18.4 Å². The Labute approximate surface area is 125 Å². The van der Waals surface area contributed by atoms with Gasteiger partial charge < -0.3 is 5.32 Å². The number of halogens is 1. The molecule has 3 rings (SSSR count). The molecule has 4 nitrogen and oxygen atoms in total. The summed E-state index contributed by atoms with van der Waals surface area (Å²) >= 11 is 5.32. The second kappa shape index (κ2) is 5.98. The molecule has 6 heteroatoms. The molecular weight excluding hydrogens is 324 g/mol. The average Bonchev–Trinajstić information content (AvgIpc) is 3.01. The van der Waals surface area contributed by atoms with E-state index < -0.39 is 0 Å². The van der Waals surface area contributed by atoms with Gasteiger partial charge in [0.15, 0.2) is 0 Å². The summed E-state index contributed by atoms with van der Waals surface area (Å²) in [5.74, 6) is 0.917. The van der Waals surface area contributed by atoms with Crippen molar-refractivity contribution < 1.29 is 0 Å². The number of nitrogens with zero attached hydrogens (tertiary/aromatic N) is 3. The van der Waals surface area contributed by atoms with Crippen LogP contribution in [0.25, 0.3) is 0 Å².